The van der Waals surface area contributed by atoms with Crippen LogP contribution in [0.1, 0.15) is 37.9 Å². The first-order valence-corrected chi connectivity index (χ1v) is 8.70. The van der Waals surface area contributed by atoms with Gasteiger partial charge in [0.15, 0.2) is 0 Å². The molecule has 4 rings (SSSR count). The Morgan fingerprint density at radius 3 is 2.77 bits per heavy atom. The van der Waals surface area contributed by atoms with Gasteiger partial charge in [0, 0.05) is 18.3 Å². The number of nitrogens with zero attached hydrogens (tertiary/aromatic N) is 2. The van der Waals surface area contributed by atoms with Crippen LogP contribution in [0.15, 0.2) is 40.6 Å². The van der Waals surface area contributed by atoms with E-state index in [0.29, 0.717) is 11.5 Å². The maximum Gasteiger partial charge on any atom is 0.329 e. The van der Waals surface area contributed by atoms with E-state index >= 15 is 0 Å². The molecule has 2 fully saturated rings. The molecule has 7 heteroatoms. The number of carbonyl (C=O) groups excluding carboxylic acids is 2. The van der Waals surface area contributed by atoms with E-state index < -0.39 is 12.0 Å². The molecule has 1 aliphatic carbocycles. The molecule has 2 aliphatic rings. The Morgan fingerprint density at radius 1 is 1.19 bits per heavy atom. The van der Waals surface area contributed by atoms with Crippen molar-refractivity contribution >= 4 is 18.0 Å². The van der Waals surface area contributed by atoms with Crippen LogP contribution in [0.5, 0.6) is 0 Å². The van der Waals surface area contributed by atoms with E-state index in [1.54, 1.807) is 24.3 Å². The fraction of sp³-hybridized carbons (Fsp3) is 0.316. The Morgan fingerprint density at radius 2 is 2.00 bits per heavy atom. The number of furan rings is 1. The number of carbonyl (C=O) groups is 2. The van der Waals surface area contributed by atoms with Gasteiger partial charge in [-0.05, 0) is 37.1 Å². The third-order valence-electron chi connectivity index (χ3n) is 4.79. The van der Waals surface area contributed by atoms with Crippen LogP contribution in [-0.2, 0) is 4.79 Å². The molecule has 0 radical (unpaired) electrons. The third-order valence-corrected chi connectivity index (χ3v) is 4.79. The summed E-state index contributed by atoms with van der Waals surface area (Å²) in [5.41, 5.74) is 0.413. The van der Waals surface area contributed by atoms with Crippen molar-refractivity contribution in [1.82, 2.24) is 15.2 Å². The summed E-state index contributed by atoms with van der Waals surface area (Å²) in [7, 11) is 0. The highest BCUT2D eigenvalue weighted by Crippen LogP contribution is 2.28. The molecule has 134 valence electrons. The Kier molecular flexibility index (Phi) is 4.28. The average Bonchev–Trinajstić information content (AvgIpc) is 3.21. The molecule has 2 aromatic rings. The van der Waals surface area contributed by atoms with Gasteiger partial charge in [0.1, 0.15) is 17.2 Å². The van der Waals surface area contributed by atoms with Crippen molar-refractivity contribution in [2.75, 3.05) is 0 Å². The van der Waals surface area contributed by atoms with E-state index in [1.165, 1.54) is 17.2 Å². The SMILES string of the molecule is O=C1N/C(=C\c2ccc(-c3cccnc3F)o2)C(=O)N1C1CCCCC1. The number of rotatable bonds is 3. The fourth-order valence-electron chi connectivity index (χ4n) is 3.51. The van der Waals surface area contributed by atoms with E-state index in [9.17, 15) is 14.0 Å². The normalized spacial score (nSPS) is 20.0. The van der Waals surface area contributed by atoms with E-state index in [2.05, 4.69) is 10.3 Å². The zero-order valence-corrected chi connectivity index (χ0v) is 14.1. The van der Waals surface area contributed by atoms with Gasteiger partial charge in [-0.2, -0.15) is 4.39 Å². The molecule has 3 heterocycles. The summed E-state index contributed by atoms with van der Waals surface area (Å²) >= 11 is 0. The smallest absolute Gasteiger partial charge is 0.329 e. The quantitative estimate of drug-likeness (QED) is 0.517. The van der Waals surface area contributed by atoms with Crippen LogP contribution in [0.4, 0.5) is 9.18 Å². The number of halogens is 1. The summed E-state index contributed by atoms with van der Waals surface area (Å²) in [4.78, 5) is 29.7. The number of nitrogens with one attached hydrogen (secondary N) is 1. The molecule has 1 saturated carbocycles. The molecule has 1 saturated heterocycles. The second-order valence-corrected chi connectivity index (χ2v) is 6.50. The molecule has 0 bridgehead atoms. The second-order valence-electron chi connectivity index (χ2n) is 6.50. The maximum atomic E-state index is 13.8. The highest BCUT2D eigenvalue weighted by molar-refractivity contribution is 6.14. The molecule has 0 aromatic carbocycles. The summed E-state index contributed by atoms with van der Waals surface area (Å²) in [6.45, 7) is 0. The predicted molar refractivity (Wildman–Crippen MR) is 92.1 cm³/mol. The van der Waals surface area contributed by atoms with E-state index in [4.69, 9.17) is 4.42 Å². The van der Waals surface area contributed by atoms with Crippen molar-refractivity contribution in [3.8, 4) is 11.3 Å². The van der Waals surface area contributed by atoms with Crippen LogP contribution >= 0.6 is 0 Å². The zero-order chi connectivity index (χ0) is 18.1. The fourth-order valence-corrected chi connectivity index (χ4v) is 3.51. The van der Waals surface area contributed by atoms with Crippen LogP contribution in [0.3, 0.4) is 0 Å². The lowest BCUT2D eigenvalue weighted by atomic mass is 9.94. The van der Waals surface area contributed by atoms with Crippen LogP contribution in [0, 0.1) is 5.95 Å². The van der Waals surface area contributed by atoms with Crippen molar-refractivity contribution in [2.45, 2.75) is 38.1 Å². The number of imide groups is 1. The molecule has 3 amide bonds. The maximum absolute atomic E-state index is 13.8. The molecule has 0 spiro atoms. The second kappa shape index (κ2) is 6.74. The molecule has 26 heavy (non-hydrogen) atoms. The van der Waals surface area contributed by atoms with E-state index in [-0.39, 0.29) is 23.2 Å². The molecule has 6 nitrogen and oxygen atoms in total. The number of aromatic nitrogens is 1. The highest BCUT2D eigenvalue weighted by Gasteiger charge is 2.39. The minimum Gasteiger partial charge on any atom is -0.456 e. The summed E-state index contributed by atoms with van der Waals surface area (Å²) in [5.74, 6) is -0.303. The number of urea groups is 1. The average molecular weight is 355 g/mol. The Bertz CT molecular complexity index is 884. The topological polar surface area (TPSA) is 75.4 Å². The molecule has 1 N–H and O–H groups in total. The Labute approximate surface area is 149 Å². The van der Waals surface area contributed by atoms with Gasteiger partial charge in [-0.3, -0.25) is 9.69 Å². The Hall–Kier alpha value is -2.96. The van der Waals surface area contributed by atoms with Crippen LogP contribution in [0.2, 0.25) is 0 Å². The predicted octanol–water partition coefficient (Wildman–Crippen LogP) is 3.71. The zero-order valence-electron chi connectivity index (χ0n) is 14.1. The first-order chi connectivity index (χ1) is 12.6. The first-order valence-electron chi connectivity index (χ1n) is 8.70. The summed E-state index contributed by atoms with van der Waals surface area (Å²) in [5, 5.41) is 2.61. The number of hydrogen-bond acceptors (Lipinski definition) is 4. The van der Waals surface area contributed by atoms with Crippen molar-refractivity contribution in [3.05, 3.63) is 47.9 Å². The molecule has 1 aliphatic heterocycles. The first kappa shape index (κ1) is 16.5. The van der Waals surface area contributed by atoms with Gasteiger partial charge in [0.25, 0.3) is 5.91 Å². The largest absolute Gasteiger partial charge is 0.456 e. The Balaban J connectivity index is 1.56. The van der Waals surface area contributed by atoms with E-state index in [0.717, 1.165) is 32.1 Å². The van der Waals surface area contributed by atoms with Gasteiger partial charge in [-0.15, -0.1) is 0 Å². The third kappa shape index (κ3) is 3.00. The molecule has 0 atom stereocenters. The summed E-state index contributed by atoms with van der Waals surface area (Å²) in [6.07, 6.45) is 7.72. The highest BCUT2D eigenvalue weighted by atomic mass is 19.1. The number of hydrogen-bond donors (Lipinski definition) is 1. The molecule has 2 aromatic heterocycles. The lowest BCUT2D eigenvalue weighted by Gasteiger charge is -2.28. The van der Waals surface area contributed by atoms with Gasteiger partial charge in [0.2, 0.25) is 5.95 Å². The standard InChI is InChI=1S/C19H18FN3O3/c20-17-14(7-4-10-21-17)16-9-8-13(26-16)11-15-18(24)23(19(25)22-15)12-5-2-1-3-6-12/h4,7-12H,1-3,5-6H2,(H,22,25)/b15-11-. The van der Waals surface area contributed by atoms with Crippen LogP contribution < -0.4 is 5.32 Å². The minimum atomic E-state index is -0.630. The number of amides is 3. The van der Waals surface area contributed by atoms with Gasteiger partial charge in [-0.1, -0.05) is 19.3 Å². The lowest BCUT2D eigenvalue weighted by Crippen LogP contribution is -2.41. The van der Waals surface area contributed by atoms with Gasteiger partial charge in [-0.25, -0.2) is 9.78 Å². The van der Waals surface area contributed by atoms with Crippen molar-refractivity contribution in [1.29, 1.82) is 0 Å². The van der Waals surface area contributed by atoms with Gasteiger partial charge >= 0.3 is 6.03 Å². The minimum absolute atomic E-state index is 0.0428. The van der Waals surface area contributed by atoms with Crippen molar-refractivity contribution < 1.29 is 18.4 Å². The van der Waals surface area contributed by atoms with Crippen LogP contribution in [-0.4, -0.2) is 27.9 Å². The monoisotopic (exact) mass is 355 g/mol. The summed E-state index contributed by atoms with van der Waals surface area (Å²) < 4.78 is 19.4. The van der Waals surface area contributed by atoms with Crippen molar-refractivity contribution in [3.63, 3.8) is 0 Å². The van der Waals surface area contributed by atoms with E-state index in [1.807, 2.05) is 0 Å². The number of pyridine rings is 1. The molecular formula is C19H18FN3O3. The van der Waals surface area contributed by atoms with Crippen molar-refractivity contribution in [2.24, 2.45) is 0 Å². The lowest BCUT2D eigenvalue weighted by molar-refractivity contribution is -0.124. The van der Waals surface area contributed by atoms with Crippen LogP contribution in [0.25, 0.3) is 17.4 Å². The van der Waals surface area contributed by atoms with Gasteiger partial charge < -0.3 is 9.73 Å². The molecule has 0 unspecified atom stereocenters. The molecular weight excluding hydrogens is 337 g/mol. The summed E-state index contributed by atoms with van der Waals surface area (Å²) in [6, 6.07) is 5.97. The van der Waals surface area contributed by atoms with Gasteiger partial charge in [0.05, 0.1) is 5.56 Å².